The van der Waals surface area contributed by atoms with Gasteiger partial charge in [0.25, 0.3) is 5.91 Å². The van der Waals surface area contributed by atoms with Gasteiger partial charge < -0.3 is 10.1 Å². The average Bonchev–Trinajstić information content (AvgIpc) is 2.97. The fraction of sp³-hybridized carbons (Fsp3) is 0.0667. The summed E-state index contributed by atoms with van der Waals surface area (Å²) in [5.41, 5.74) is 4.16. The van der Waals surface area contributed by atoms with E-state index in [2.05, 4.69) is 10.7 Å². The van der Waals surface area contributed by atoms with E-state index in [1.54, 1.807) is 78.9 Å². The van der Waals surface area contributed by atoms with Crippen molar-refractivity contribution < 1.29 is 19.1 Å². The topological polar surface area (TPSA) is 91.0 Å². The van der Waals surface area contributed by atoms with Gasteiger partial charge in [-0.25, -0.2) is 5.01 Å². The molecule has 0 bridgehead atoms. The first-order valence-corrected chi connectivity index (χ1v) is 12.6. The molecule has 0 saturated carbocycles. The Balaban J connectivity index is 1.36. The van der Waals surface area contributed by atoms with Gasteiger partial charge in [-0.15, -0.1) is 0 Å². The molecule has 3 amide bonds. The highest BCUT2D eigenvalue weighted by Gasteiger charge is 2.42. The third-order valence-electron chi connectivity index (χ3n) is 6.00. The van der Waals surface area contributed by atoms with Gasteiger partial charge in [0.2, 0.25) is 16.9 Å². The number of hydrazine groups is 1. The number of nitrogens with one attached hydrogen (secondary N) is 2. The fourth-order valence-electron chi connectivity index (χ4n) is 4.08. The summed E-state index contributed by atoms with van der Waals surface area (Å²) in [5, 5.41) is 4.10. The van der Waals surface area contributed by atoms with Crippen molar-refractivity contribution in [3.8, 4) is 11.5 Å². The van der Waals surface area contributed by atoms with Gasteiger partial charge in [0.05, 0.1) is 12.1 Å². The van der Waals surface area contributed by atoms with Gasteiger partial charge in [-0.05, 0) is 72.9 Å². The molecule has 2 N–H and O–H groups in total. The van der Waals surface area contributed by atoms with Crippen LogP contribution in [0.3, 0.4) is 0 Å². The third-order valence-corrected chi connectivity index (χ3v) is 6.38. The summed E-state index contributed by atoms with van der Waals surface area (Å²) in [7, 11) is 0. The number of carbonyl (C=O) groups excluding carboxylic acids is 3. The molecule has 0 radical (unpaired) electrons. The van der Waals surface area contributed by atoms with E-state index in [9.17, 15) is 14.4 Å². The maximum absolute atomic E-state index is 13.4. The summed E-state index contributed by atoms with van der Waals surface area (Å²) in [6.45, 7) is 0. The van der Waals surface area contributed by atoms with Crippen LogP contribution in [0.4, 0.5) is 11.4 Å². The summed E-state index contributed by atoms with van der Waals surface area (Å²) in [6.07, 6.45) is -0.203. The van der Waals surface area contributed by atoms with Gasteiger partial charge in [0, 0.05) is 11.3 Å². The third kappa shape index (κ3) is 5.94. The molecular formula is C30H24N4O4S. The standard InChI is InChI=1S/C30H24N4O4S/c35-27-20-26(29(37)31-22-16-18-25(19-17-22)38-24-14-8-3-9-15-24)34(32-28(36)21-10-4-1-5-11-21)30(39)33(27)23-12-6-2-7-13-23/h1-19,26H,20H2,(H,31,37)(H,32,36)/t26-/m0/s1. The van der Waals surface area contributed by atoms with Crippen LogP contribution in [0.25, 0.3) is 0 Å². The van der Waals surface area contributed by atoms with Crippen molar-refractivity contribution in [3.63, 3.8) is 0 Å². The average molecular weight is 537 g/mol. The summed E-state index contributed by atoms with van der Waals surface area (Å²) in [5.74, 6) is -0.0213. The molecular weight excluding hydrogens is 512 g/mol. The number of carbonyl (C=O) groups is 3. The normalized spacial score (nSPS) is 15.0. The van der Waals surface area contributed by atoms with Crippen LogP contribution in [-0.2, 0) is 9.59 Å². The van der Waals surface area contributed by atoms with Crippen LogP contribution in [0, 0.1) is 0 Å². The summed E-state index contributed by atoms with van der Waals surface area (Å²) in [6, 6.07) is 32.5. The highest BCUT2D eigenvalue weighted by Crippen LogP contribution is 2.26. The molecule has 5 rings (SSSR count). The Kier molecular flexibility index (Phi) is 7.60. The lowest BCUT2D eigenvalue weighted by atomic mass is 10.1. The zero-order valence-electron chi connectivity index (χ0n) is 20.7. The number of amides is 3. The number of nitrogens with zero attached hydrogens (tertiary/aromatic N) is 2. The lowest BCUT2D eigenvalue weighted by Crippen LogP contribution is -2.65. The van der Waals surface area contributed by atoms with Crippen LogP contribution < -0.4 is 20.4 Å². The van der Waals surface area contributed by atoms with Gasteiger partial charge in [-0.3, -0.25) is 24.7 Å². The predicted molar refractivity (Wildman–Crippen MR) is 152 cm³/mol. The molecule has 8 nitrogen and oxygen atoms in total. The maximum Gasteiger partial charge on any atom is 0.269 e. The van der Waals surface area contributed by atoms with E-state index in [0.29, 0.717) is 28.4 Å². The van der Waals surface area contributed by atoms with Crippen molar-refractivity contribution in [3.05, 3.63) is 121 Å². The van der Waals surface area contributed by atoms with Crippen molar-refractivity contribution in [1.82, 2.24) is 10.4 Å². The Morgan fingerprint density at radius 3 is 1.97 bits per heavy atom. The number of hydrogen-bond donors (Lipinski definition) is 2. The Labute approximate surface area is 230 Å². The number of ether oxygens (including phenoxy) is 1. The number of para-hydroxylation sites is 2. The number of rotatable bonds is 7. The van der Waals surface area contributed by atoms with Crippen LogP contribution in [0.1, 0.15) is 16.8 Å². The first kappa shape index (κ1) is 25.6. The number of hydrogen-bond acceptors (Lipinski definition) is 5. The van der Waals surface area contributed by atoms with Crippen LogP contribution in [-0.4, -0.2) is 33.9 Å². The van der Waals surface area contributed by atoms with E-state index in [0.717, 1.165) is 0 Å². The SMILES string of the molecule is O=C(NN1C(=S)N(c2ccccc2)C(=O)C[C@H]1C(=O)Nc1ccc(Oc2ccccc2)cc1)c1ccccc1. The van der Waals surface area contributed by atoms with Crippen molar-refractivity contribution in [2.75, 3.05) is 10.2 Å². The Hall–Kier alpha value is -5.02. The number of thiocarbonyl (C=S) groups is 1. The van der Waals surface area contributed by atoms with Crippen LogP contribution in [0.2, 0.25) is 0 Å². The molecule has 194 valence electrons. The number of benzene rings is 4. The molecule has 1 aliphatic rings. The van der Waals surface area contributed by atoms with Crippen LogP contribution in [0.5, 0.6) is 11.5 Å². The molecule has 9 heteroatoms. The summed E-state index contributed by atoms with van der Waals surface area (Å²) < 4.78 is 5.80. The number of anilines is 2. The Morgan fingerprint density at radius 1 is 0.769 bits per heavy atom. The van der Waals surface area contributed by atoms with E-state index >= 15 is 0 Å². The smallest absolute Gasteiger partial charge is 0.269 e. The fourth-order valence-corrected chi connectivity index (χ4v) is 4.46. The molecule has 1 aliphatic heterocycles. The highest BCUT2D eigenvalue weighted by molar-refractivity contribution is 7.80. The van der Waals surface area contributed by atoms with Crippen molar-refractivity contribution in [2.45, 2.75) is 12.5 Å². The molecule has 1 saturated heterocycles. The molecule has 0 aliphatic carbocycles. The van der Waals surface area contributed by atoms with Gasteiger partial charge in [-0.1, -0.05) is 54.6 Å². The predicted octanol–water partition coefficient (Wildman–Crippen LogP) is 5.15. The molecule has 39 heavy (non-hydrogen) atoms. The van der Waals surface area contributed by atoms with Gasteiger partial charge in [0.1, 0.15) is 17.5 Å². The maximum atomic E-state index is 13.4. The Morgan fingerprint density at radius 2 is 1.33 bits per heavy atom. The minimum Gasteiger partial charge on any atom is -0.457 e. The molecule has 1 atom stereocenters. The molecule has 4 aromatic rings. The summed E-state index contributed by atoms with van der Waals surface area (Å²) in [4.78, 5) is 41.0. The lowest BCUT2D eigenvalue weighted by molar-refractivity contribution is -0.127. The molecule has 4 aromatic carbocycles. The zero-order valence-corrected chi connectivity index (χ0v) is 21.5. The van der Waals surface area contributed by atoms with Gasteiger partial charge in [-0.2, -0.15) is 0 Å². The first-order valence-electron chi connectivity index (χ1n) is 12.2. The van der Waals surface area contributed by atoms with Crippen LogP contribution in [0.15, 0.2) is 115 Å². The largest absolute Gasteiger partial charge is 0.457 e. The second-order valence-corrected chi connectivity index (χ2v) is 9.04. The van der Waals surface area contributed by atoms with Crippen molar-refractivity contribution in [2.24, 2.45) is 0 Å². The van der Waals surface area contributed by atoms with E-state index in [4.69, 9.17) is 17.0 Å². The minimum atomic E-state index is -1.07. The van der Waals surface area contributed by atoms with Crippen LogP contribution >= 0.6 is 12.2 Å². The van der Waals surface area contributed by atoms with Gasteiger partial charge >= 0.3 is 0 Å². The van der Waals surface area contributed by atoms with Crippen molar-refractivity contribution in [1.29, 1.82) is 0 Å². The van der Waals surface area contributed by atoms with E-state index < -0.39 is 17.9 Å². The second kappa shape index (κ2) is 11.6. The summed E-state index contributed by atoms with van der Waals surface area (Å²) >= 11 is 5.64. The van der Waals surface area contributed by atoms with E-state index in [1.165, 1.54) is 9.91 Å². The quantitative estimate of drug-likeness (QED) is 0.317. The monoisotopic (exact) mass is 536 g/mol. The molecule has 0 unspecified atom stereocenters. The molecule has 1 heterocycles. The van der Waals surface area contributed by atoms with E-state index in [-0.39, 0.29) is 17.4 Å². The Bertz CT molecular complexity index is 1480. The van der Waals surface area contributed by atoms with Crippen molar-refractivity contribution >= 4 is 46.4 Å². The van der Waals surface area contributed by atoms with E-state index in [1.807, 2.05) is 36.4 Å². The lowest BCUT2D eigenvalue weighted by Gasteiger charge is -2.41. The molecule has 0 spiro atoms. The second-order valence-electron chi connectivity index (χ2n) is 8.67. The molecule has 1 fully saturated rings. The highest BCUT2D eigenvalue weighted by atomic mass is 32.1. The van der Waals surface area contributed by atoms with Gasteiger partial charge in [0.15, 0.2) is 0 Å². The zero-order chi connectivity index (χ0) is 27.2. The minimum absolute atomic E-state index is 0.00603. The molecule has 0 aromatic heterocycles. The first-order chi connectivity index (χ1) is 19.0.